The molecule has 0 aliphatic carbocycles. The molecule has 2 aromatic carbocycles. The van der Waals surface area contributed by atoms with E-state index in [0.717, 1.165) is 5.56 Å². The number of nitrogens with two attached hydrogens (primary N) is 1. The molecule has 4 N–H and O–H groups in total. The van der Waals surface area contributed by atoms with Gasteiger partial charge < -0.3 is 15.8 Å². The zero-order valence-corrected chi connectivity index (χ0v) is 15.8. The molecule has 2 rings (SSSR count). The highest BCUT2D eigenvalue weighted by Gasteiger charge is 2.23. The molecule has 1 atom stereocenters. The van der Waals surface area contributed by atoms with Gasteiger partial charge in [0.1, 0.15) is 11.7 Å². The number of halogens is 3. The highest BCUT2D eigenvalue weighted by molar-refractivity contribution is 9.10. The highest BCUT2D eigenvalue weighted by Crippen LogP contribution is 2.24. The van der Waals surface area contributed by atoms with Crippen molar-refractivity contribution in [2.75, 3.05) is 7.11 Å². The number of amides is 1. The number of carbonyl (C=O) groups excluding carboxylic acids is 1. The molecule has 134 valence electrons. The SMILES string of the molecule is COC(C(=O)NCc1ccc(C(=N)N)cc1)c1cc(Br)ccc1F.Cl. The zero-order chi connectivity index (χ0) is 17.7. The van der Waals surface area contributed by atoms with Gasteiger partial charge in [0.05, 0.1) is 0 Å². The first-order valence-electron chi connectivity index (χ1n) is 7.11. The van der Waals surface area contributed by atoms with Gasteiger partial charge in [-0.15, -0.1) is 12.4 Å². The number of rotatable bonds is 6. The van der Waals surface area contributed by atoms with Crippen LogP contribution in [-0.4, -0.2) is 18.9 Å². The fourth-order valence-corrected chi connectivity index (χ4v) is 2.55. The Balaban J connectivity index is 0.00000312. The molecule has 1 amide bonds. The lowest BCUT2D eigenvalue weighted by Crippen LogP contribution is -2.30. The first-order valence-corrected chi connectivity index (χ1v) is 7.90. The minimum atomic E-state index is -1.04. The van der Waals surface area contributed by atoms with Crippen molar-refractivity contribution in [2.24, 2.45) is 5.73 Å². The molecule has 0 aliphatic rings. The summed E-state index contributed by atoms with van der Waals surface area (Å²) in [5.41, 5.74) is 6.99. The minimum absolute atomic E-state index is 0. The van der Waals surface area contributed by atoms with Gasteiger partial charge in [-0.25, -0.2) is 4.39 Å². The molecular formula is C17H18BrClFN3O2. The van der Waals surface area contributed by atoms with E-state index in [4.69, 9.17) is 15.9 Å². The van der Waals surface area contributed by atoms with Crippen molar-refractivity contribution in [3.8, 4) is 0 Å². The summed E-state index contributed by atoms with van der Waals surface area (Å²) >= 11 is 3.26. The molecule has 1 unspecified atom stereocenters. The summed E-state index contributed by atoms with van der Waals surface area (Å²) in [5.74, 6) is -0.966. The summed E-state index contributed by atoms with van der Waals surface area (Å²) in [6.45, 7) is 0.256. The van der Waals surface area contributed by atoms with E-state index in [-0.39, 0.29) is 30.4 Å². The average molecular weight is 431 g/mol. The third kappa shape index (κ3) is 5.52. The number of benzene rings is 2. The van der Waals surface area contributed by atoms with Crippen molar-refractivity contribution in [1.29, 1.82) is 5.41 Å². The molecule has 5 nitrogen and oxygen atoms in total. The van der Waals surface area contributed by atoms with Crippen molar-refractivity contribution in [3.05, 3.63) is 69.4 Å². The molecule has 0 heterocycles. The van der Waals surface area contributed by atoms with Gasteiger partial charge in [0.25, 0.3) is 5.91 Å². The standard InChI is InChI=1S/C17H17BrFN3O2.ClH/c1-24-15(13-8-12(18)6-7-14(13)19)17(23)22-9-10-2-4-11(5-3-10)16(20)21;/h2-8,15H,9H2,1H3,(H3,20,21)(H,22,23);1H. The van der Waals surface area contributed by atoms with E-state index in [9.17, 15) is 9.18 Å². The van der Waals surface area contributed by atoms with Crippen molar-refractivity contribution >= 4 is 40.1 Å². The number of hydrogen-bond acceptors (Lipinski definition) is 3. The van der Waals surface area contributed by atoms with Gasteiger partial charge in [0.15, 0.2) is 6.10 Å². The van der Waals surface area contributed by atoms with E-state index in [1.807, 2.05) is 0 Å². The Hall–Kier alpha value is -1.96. The number of ether oxygens (including phenoxy) is 1. The maximum atomic E-state index is 13.9. The Morgan fingerprint density at radius 2 is 1.96 bits per heavy atom. The molecule has 0 saturated heterocycles. The summed E-state index contributed by atoms with van der Waals surface area (Å²) in [6.07, 6.45) is -1.04. The monoisotopic (exact) mass is 429 g/mol. The normalized spacial score (nSPS) is 11.3. The number of methoxy groups -OCH3 is 1. The van der Waals surface area contributed by atoms with Crippen LogP contribution in [0.1, 0.15) is 22.8 Å². The van der Waals surface area contributed by atoms with Crippen LogP contribution in [0.2, 0.25) is 0 Å². The molecule has 0 fully saturated rings. The van der Waals surface area contributed by atoms with Gasteiger partial charge in [-0.1, -0.05) is 40.2 Å². The van der Waals surface area contributed by atoms with Gasteiger partial charge in [0, 0.05) is 29.3 Å². The van der Waals surface area contributed by atoms with E-state index in [0.29, 0.717) is 10.0 Å². The topological polar surface area (TPSA) is 88.2 Å². The number of hydrogen-bond donors (Lipinski definition) is 3. The fraction of sp³-hybridized carbons (Fsp3) is 0.176. The largest absolute Gasteiger partial charge is 0.384 e. The molecule has 0 aliphatic heterocycles. The van der Waals surface area contributed by atoms with Crippen LogP contribution in [-0.2, 0) is 16.1 Å². The van der Waals surface area contributed by atoms with Gasteiger partial charge in [0.2, 0.25) is 0 Å². The number of nitrogens with one attached hydrogen (secondary N) is 2. The van der Waals surface area contributed by atoms with E-state index in [1.54, 1.807) is 30.3 Å². The fourth-order valence-electron chi connectivity index (χ4n) is 2.17. The van der Waals surface area contributed by atoms with Crippen molar-refractivity contribution in [2.45, 2.75) is 12.6 Å². The Morgan fingerprint density at radius 1 is 1.32 bits per heavy atom. The van der Waals surface area contributed by atoms with Gasteiger partial charge >= 0.3 is 0 Å². The first-order chi connectivity index (χ1) is 11.4. The predicted molar refractivity (Wildman–Crippen MR) is 100 cm³/mol. The van der Waals surface area contributed by atoms with Crippen LogP contribution >= 0.6 is 28.3 Å². The maximum absolute atomic E-state index is 13.9. The summed E-state index contributed by atoms with van der Waals surface area (Å²) in [4.78, 5) is 12.3. The molecule has 0 radical (unpaired) electrons. The van der Waals surface area contributed by atoms with Gasteiger partial charge in [-0.3, -0.25) is 10.2 Å². The maximum Gasteiger partial charge on any atom is 0.254 e. The predicted octanol–water partition coefficient (Wildman–Crippen LogP) is 3.30. The van der Waals surface area contributed by atoms with Crippen molar-refractivity contribution in [3.63, 3.8) is 0 Å². The highest BCUT2D eigenvalue weighted by atomic mass is 79.9. The van der Waals surface area contributed by atoms with Gasteiger partial charge in [-0.05, 0) is 23.8 Å². The third-order valence-corrected chi connectivity index (χ3v) is 3.94. The van der Waals surface area contributed by atoms with Crippen molar-refractivity contribution < 1.29 is 13.9 Å². The van der Waals surface area contributed by atoms with E-state index in [2.05, 4.69) is 21.2 Å². The Kier molecular flexibility index (Phi) is 8.02. The minimum Gasteiger partial charge on any atom is -0.384 e. The Bertz CT molecular complexity index is 756. The van der Waals surface area contributed by atoms with Crippen molar-refractivity contribution in [1.82, 2.24) is 5.32 Å². The molecule has 8 heteroatoms. The molecular weight excluding hydrogens is 413 g/mol. The summed E-state index contributed by atoms with van der Waals surface area (Å²) in [5, 5.41) is 10.1. The lowest BCUT2D eigenvalue weighted by molar-refractivity contribution is -0.131. The lowest BCUT2D eigenvalue weighted by Gasteiger charge is -2.17. The molecule has 2 aromatic rings. The van der Waals surface area contributed by atoms with Crippen LogP contribution in [0.3, 0.4) is 0 Å². The average Bonchev–Trinajstić information content (AvgIpc) is 2.57. The number of amidine groups is 1. The molecule has 0 aromatic heterocycles. The number of carbonyl (C=O) groups is 1. The van der Waals surface area contributed by atoms with E-state index >= 15 is 0 Å². The summed E-state index contributed by atoms with van der Waals surface area (Å²) in [7, 11) is 1.35. The molecule has 25 heavy (non-hydrogen) atoms. The smallest absolute Gasteiger partial charge is 0.254 e. The second-order valence-corrected chi connectivity index (χ2v) is 6.03. The third-order valence-electron chi connectivity index (χ3n) is 3.45. The van der Waals surface area contributed by atoms with E-state index in [1.165, 1.54) is 19.2 Å². The second-order valence-electron chi connectivity index (χ2n) is 5.11. The lowest BCUT2D eigenvalue weighted by atomic mass is 10.1. The second kappa shape index (κ2) is 9.50. The van der Waals surface area contributed by atoms with E-state index < -0.39 is 17.8 Å². The van der Waals surface area contributed by atoms with Crippen LogP contribution in [0, 0.1) is 11.2 Å². The van der Waals surface area contributed by atoms with Crippen LogP contribution in [0.25, 0.3) is 0 Å². The zero-order valence-electron chi connectivity index (χ0n) is 13.4. The Labute approximate surface area is 159 Å². The van der Waals surface area contributed by atoms with Crippen LogP contribution in [0.15, 0.2) is 46.9 Å². The quantitative estimate of drug-likeness (QED) is 0.485. The Morgan fingerprint density at radius 3 is 2.52 bits per heavy atom. The molecule has 0 spiro atoms. The van der Waals surface area contributed by atoms with Crippen LogP contribution in [0.4, 0.5) is 4.39 Å². The molecule has 0 bridgehead atoms. The first kappa shape index (κ1) is 21.1. The number of nitrogen functional groups attached to an aromatic ring is 1. The van der Waals surface area contributed by atoms with Crippen LogP contribution in [0.5, 0.6) is 0 Å². The summed E-state index contributed by atoms with van der Waals surface area (Å²) in [6, 6.07) is 11.3. The summed E-state index contributed by atoms with van der Waals surface area (Å²) < 4.78 is 19.8. The van der Waals surface area contributed by atoms with Crippen LogP contribution < -0.4 is 11.1 Å². The van der Waals surface area contributed by atoms with Gasteiger partial charge in [-0.2, -0.15) is 0 Å². The molecule has 0 saturated carbocycles.